The summed E-state index contributed by atoms with van der Waals surface area (Å²) in [6.45, 7) is 7.32. The number of carbonyl (C=O) groups is 2. The maximum Gasteiger partial charge on any atom is 0.185 e. The normalized spacial score (nSPS) is 15.8. The Morgan fingerprint density at radius 1 is 0.917 bits per heavy atom. The van der Waals surface area contributed by atoms with Gasteiger partial charge >= 0.3 is 0 Å². The first-order valence-electron chi connectivity index (χ1n) is 8.21. The number of Topliss-reactive ketones (excluding diaryl/α,β-unsaturated/α-hetero) is 2. The first kappa shape index (κ1) is 16.8. The van der Waals surface area contributed by atoms with Crippen LogP contribution < -0.4 is 0 Å². The van der Waals surface area contributed by atoms with Crippen LogP contribution in [-0.2, 0) is 16.0 Å². The second-order valence-corrected chi connectivity index (χ2v) is 7.56. The van der Waals surface area contributed by atoms with Gasteiger partial charge in [-0.05, 0) is 64.7 Å². The first-order chi connectivity index (χ1) is 11.4. The zero-order valence-electron chi connectivity index (χ0n) is 14.5. The SMILES string of the molecule is CC1=C(C)C(=O)C(CCCc2nc3cc(C)ccc3s2)=C(C)C1=O. The van der Waals surface area contributed by atoms with Gasteiger partial charge in [0, 0.05) is 22.3 Å². The van der Waals surface area contributed by atoms with Crippen LogP contribution in [0.3, 0.4) is 0 Å². The summed E-state index contributed by atoms with van der Waals surface area (Å²) in [6, 6.07) is 6.31. The predicted octanol–water partition coefficient (Wildman–Crippen LogP) is 4.73. The molecule has 1 aromatic heterocycles. The molecule has 4 heteroatoms. The predicted molar refractivity (Wildman–Crippen MR) is 98.4 cm³/mol. The van der Waals surface area contributed by atoms with Crippen molar-refractivity contribution < 1.29 is 9.59 Å². The molecule has 0 aliphatic heterocycles. The standard InChI is InChI=1S/C20H21NO2S/c1-11-8-9-17-16(10-11)21-18(24-17)7-5-6-15-14(4)19(22)12(2)13(3)20(15)23/h8-10H,5-7H2,1-4H3. The summed E-state index contributed by atoms with van der Waals surface area (Å²) in [6.07, 6.45) is 2.30. The molecule has 24 heavy (non-hydrogen) atoms. The van der Waals surface area contributed by atoms with Crippen molar-refractivity contribution in [2.75, 3.05) is 0 Å². The fourth-order valence-electron chi connectivity index (χ4n) is 3.07. The molecule has 0 unspecified atom stereocenters. The quantitative estimate of drug-likeness (QED) is 0.756. The molecule has 0 fully saturated rings. The van der Waals surface area contributed by atoms with Crippen LogP contribution in [0.15, 0.2) is 40.5 Å². The van der Waals surface area contributed by atoms with E-state index in [4.69, 9.17) is 0 Å². The minimum atomic E-state index is 0.0116. The largest absolute Gasteiger partial charge is 0.289 e. The van der Waals surface area contributed by atoms with Gasteiger partial charge in [-0.1, -0.05) is 6.07 Å². The van der Waals surface area contributed by atoms with E-state index in [1.165, 1.54) is 10.3 Å². The highest BCUT2D eigenvalue weighted by Gasteiger charge is 2.27. The lowest BCUT2D eigenvalue weighted by atomic mass is 9.84. The van der Waals surface area contributed by atoms with Crippen LogP contribution >= 0.6 is 11.3 Å². The molecule has 0 bridgehead atoms. The van der Waals surface area contributed by atoms with E-state index in [1.807, 2.05) is 0 Å². The lowest BCUT2D eigenvalue weighted by molar-refractivity contribution is -0.116. The number of ketones is 2. The van der Waals surface area contributed by atoms with E-state index in [1.54, 1.807) is 32.1 Å². The van der Waals surface area contributed by atoms with Gasteiger partial charge in [0.05, 0.1) is 15.2 Å². The number of fused-ring (bicyclic) bond motifs is 1. The monoisotopic (exact) mass is 339 g/mol. The van der Waals surface area contributed by atoms with Crippen molar-refractivity contribution in [2.24, 2.45) is 0 Å². The molecule has 0 amide bonds. The third-order valence-electron chi connectivity index (χ3n) is 4.72. The lowest BCUT2D eigenvalue weighted by Crippen LogP contribution is -2.20. The van der Waals surface area contributed by atoms with Crippen LogP contribution in [0.5, 0.6) is 0 Å². The highest BCUT2D eigenvalue weighted by Crippen LogP contribution is 2.29. The maximum atomic E-state index is 12.4. The van der Waals surface area contributed by atoms with Crippen LogP contribution in [0.1, 0.15) is 44.2 Å². The Bertz CT molecular complexity index is 915. The summed E-state index contributed by atoms with van der Waals surface area (Å²) in [5.74, 6) is 0.0436. The minimum absolute atomic E-state index is 0.0116. The Morgan fingerprint density at radius 2 is 1.62 bits per heavy atom. The molecule has 0 atom stereocenters. The molecule has 0 N–H and O–H groups in total. The smallest absolute Gasteiger partial charge is 0.185 e. The molecule has 124 valence electrons. The van der Waals surface area contributed by atoms with E-state index in [-0.39, 0.29) is 11.6 Å². The Hall–Kier alpha value is -2.07. The average molecular weight is 339 g/mol. The Morgan fingerprint density at radius 3 is 2.38 bits per heavy atom. The molecule has 0 spiro atoms. The maximum absolute atomic E-state index is 12.4. The van der Waals surface area contributed by atoms with Gasteiger partial charge in [-0.2, -0.15) is 0 Å². The van der Waals surface area contributed by atoms with Gasteiger partial charge in [0.25, 0.3) is 0 Å². The van der Waals surface area contributed by atoms with Crippen LogP contribution in [0.2, 0.25) is 0 Å². The third-order valence-corrected chi connectivity index (χ3v) is 5.81. The second-order valence-electron chi connectivity index (χ2n) is 6.44. The fourth-order valence-corrected chi connectivity index (χ4v) is 4.05. The second kappa shape index (κ2) is 6.44. The number of benzene rings is 1. The van der Waals surface area contributed by atoms with Gasteiger partial charge in [0.1, 0.15) is 0 Å². The molecule has 1 aliphatic carbocycles. The van der Waals surface area contributed by atoms with Crippen molar-refractivity contribution in [3.63, 3.8) is 0 Å². The highest BCUT2D eigenvalue weighted by molar-refractivity contribution is 7.18. The highest BCUT2D eigenvalue weighted by atomic mass is 32.1. The van der Waals surface area contributed by atoms with Crippen molar-refractivity contribution in [1.82, 2.24) is 4.98 Å². The molecule has 1 heterocycles. The third kappa shape index (κ3) is 2.98. The van der Waals surface area contributed by atoms with E-state index >= 15 is 0 Å². The van der Waals surface area contributed by atoms with Crippen molar-refractivity contribution in [3.05, 3.63) is 51.1 Å². The number of thiazole rings is 1. The van der Waals surface area contributed by atoms with Crippen LogP contribution in [0, 0.1) is 6.92 Å². The Balaban J connectivity index is 1.71. The lowest BCUT2D eigenvalue weighted by Gasteiger charge is -2.18. The molecule has 2 aromatic rings. The first-order valence-corrected chi connectivity index (χ1v) is 9.03. The summed E-state index contributed by atoms with van der Waals surface area (Å²) in [7, 11) is 0. The number of carbonyl (C=O) groups excluding carboxylic acids is 2. The van der Waals surface area contributed by atoms with Crippen molar-refractivity contribution >= 4 is 33.1 Å². The number of aromatic nitrogens is 1. The number of allylic oxidation sites excluding steroid dienone is 4. The topological polar surface area (TPSA) is 47.0 Å². The van der Waals surface area contributed by atoms with Gasteiger partial charge in [0.15, 0.2) is 11.6 Å². The van der Waals surface area contributed by atoms with E-state index in [9.17, 15) is 9.59 Å². The fraction of sp³-hybridized carbons (Fsp3) is 0.350. The van der Waals surface area contributed by atoms with Crippen LogP contribution in [0.4, 0.5) is 0 Å². The molecule has 1 aromatic carbocycles. The van der Waals surface area contributed by atoms with E-state index in [0.29, 0.717) is 28.7 Å². The zero-order chi connectivity index (χ0) is 17.4. The molecular weight excluding hydrogens is 318 g/mol. The van der Waals surface area contributed by atoms with Gasteiger partial charge in [0.2, 0.25) is 0 Å². The van der Waals surface area contributed by atoms with Crippen molar-refractivity contribution in [1.29, 1.82) is 0 Å². The van der Waals surface area contributed by atoms with Gasteiger partial charge in [-0.3, -0.25) is 9.59 Å². The molecule has 0 saturated carbocycles. The molecule has 0 radical (unpaired) electrons. The Labute approximate surface area is 146 Å². The van der Waals surface area contributed by atoms with Gasteiger partial charge in [-0.15, -0.1) is 11.3 Å². The van der Waals surface area contributed by atoms with E-state index in [2.05, 4.69) is 30.1 Å². The average Bonchev–Trinajstić information content (AvgIpc) is 2.96. The summed E-state index contributed by atoms with van der Waals surface area (Å²) < 4.78 is 1.20. The summed E-state index contributed by atoms with van der Waals surface area (Å²) in [4.78, 5) is 29.3. The van der Waals surface area contributed by atoms with Crippen LogP contribution in [-0.4, -0.2) is 16.6 Å². The molecule has 3 rings (SSSR count). The van der Waals surface area contributed by atoms with E-state index in [0.717, 1.165) is 23.4 Å². The molecular formula is C20H21NO2S. The van der Waals surface area contributed by atoms with Crippen molar-refractivity contribution in [2.45, 2.75) is 47.0 Å². The Kier molecular flexibility index (Phi) is 4.50. The number of rotatable bonds is 4. The van der Waals surface area contributed by atoms with Crippen molar-refractivity contribution in [3.8, 4) is 0 Å². The van der Waals surface area contributed by atoms with Crippen LogP contribution in [0.25, 0.3) is 10.2 Å². The molecule has 3 nitrogen and oxygen atoms in total. The minimum Gasteiger partial charge on any atom is -0.289 e. The molecule has 1 aliphatic rings. The summed E-state index contributed by atoms with van der Waals surface area (Å²) in [5.41, 5.74) is 4.73. The molecule has 0 saturated heterocycles. The van der Waals surface area contributed by atoms with E-state index < -0.39 is 0 Å². The number of aryl methyl sites for hydroxylation is 2. The van der Waals surface area contributed by atoms with Gasteiger partial charge in [-0.25, -0.2) is 4.98 Å². The number of nitrogens with zero attached hydrogens (tertiary/aromatic N) is 1. The zero-order valence-corrected chi connectivity index (χ0v) is 15.3. The summed E-state index contributed by atoms with van der Waals surface area (Å²) in [5, 5.41) is 1.09. The number of hydrogen-bond acceptors (Lipinski definition) is 4. The number of hydrogen-bond donors (Lipinski definition) is 0. The van der Waals surface area contributed by atoms with Gasteiger partial charge < -0.3 is 0 Å². The summed E-state index contributed by atoms with van der Waals surface area (Å²) >= 11 is 1.71.